The number of benzene rings is 1. The Labute approximate surface area is 201 Å². The number of nitrogens with zero attached hydrogens (tertiary/aromatic N) is 3. The number of hydrogen-bond donors (Lipinski definition) is 0. The van der Waals surface area contributed by atoms with Crippen molar-refractivity contribution >= 4 is 29.3 Å². The molecule has 1 amide bonds. The first-order valence-corrected chi connectivity index (χ1v) is 12.1. The minimum Gasteiger partial charge on any atom is -0.482 e. The summed E-state index contributed by atoms with van der Waals surface area (Å²) in [6.07, 6.45) is 4.90. The lowest BCUT2D eigenvalue weighted by Crippen LogP contribution is -2.48. The lowest BCUT2D eigenvalue weighted by Gasteiger charge is -2.34. The third-order valence-electron chi connectivity index (χ3n) is 5.42. The first-order valence-electron chi connectivity index (χ1n) is 10.5. The molecule has 0 saturated carbocycles. The number of carbonyl (C=O) groups is 1. The highest BCUT2D eigenvalue weighted by Gasteiger charge is 2.23. The van der Waals surface area contributed by atoms with E-state index < -0.39 is 0 Å². The van der Waals surface area contributed by atoms with E-state index in [1.807, 2.05) is 30.5 Å². The number of piperazine rings is 1. The van der Waals surface area contributed by atoms with Crippen LogP contribution in [-0.4, -0.2) is 53.1 Å². The van der Waals surface area contributed by atoms with Crippen LogP contribution in [0.5, 0.6) is 5.75 Å². The van der Waals surface area contributed by atoms with Crippen LogP contribution < -0.4 is 10.2 Å². The summed E-state index contributed by atoms with van der Waals surface area (Å²) in [4.78, 5) is 34.1. The van der Waals surface area contributed by atoms with E-state index in [0.29, 0.717) is 55.8 Å². The second kappa shape index (κ2) is 10.9. The van der Waals surface area contributed by atoms with Crippen molar-refractivity contribution in [1.29, 1.82) is 0 Å². The number of ether oxygens (including phenoxy) is 1. The van der Waals surface area contributed by atoms with Gasteiger partial charge in [0.15, 0.2) is 0 Å². The highest BCUT2D eigenvalue weighted by molar-refractivity contribution is 7.98. The topological polar surface area (TPSA) is 75.9 Å². The summed E-state index contributed by atoms with van der Waals surface area (Å²) in [7, 11) is 0. The summed E-state index contributed by atoms with van der Waals surface area (Å²) < 4.78 is 11.3. The van der Waals surface area contributed by atoms with Crippen molar-refractivity contribution in [2.24, 2.45) is 0 Å². The number of carbonyl (C=O) groups excluding carboxylic acids is 1. The molecule has 172 valence electrons. The molecule has 9 heteroatoms. The van der Waals surface area contributed by atoms with Gasteiger partial charge in [0.1, 0.15) is 23.8 Å². The predicted molar refractivity (Wildman–Crippen MR) is 128 cm³/mol. The molecular formula is C24H24ClN3O4S. The van der Waals surface area contributed by atoms with E-state index >= 15 is 0 Å². The van der Waals surface area contributed by atoms with E-state index in [4.69, 9.17) is 20.8 Å². The van der Waals surface area contributed by atoms with Gasteiger partial charge in [-0.05, 0) is 36.1 Å². The van der Waals surface area contributed by atoms with Gasteiger partial charge in [-0.3, -0.25) is 14.5 Å². The number of hydrogen-bond acceptors (Lipinski definition) is 7. The van der Waals surface area contributed by atoms with Crippen LogP contribution in [0.4, 0.5) is 0 Å². The van der Waals surface area contributed by atoms with Crippen LogP contribution in [0.25, 0.3) is 0 Å². The lowest BCUT2D eigenvalue weighted by atomic mass is 10.2. The Bertz CT molecular complexity index is 1140. The molecule has 0 radical (unpaired) electrons. The van der Waals surface area contributed by atoms with Crippen LogP contribution in [-0.2, 0) is 13.2 Å². The fraction of sp³-hybridized carbons (Fsp3) is 0.292. The number of pyridine rings is 1. The highest BCUT2D eigenvalue weighted by atomic mass is 35.5. The molecule has 33 heavy (non-hydrogen) atoms. The molecule has 4 rings (SSSR count). The van der Waals surface area contributed by atoms with Gasteiger partial charge in [0.2, 0.25) is 11.2 Å². The molecule has 0 unspecified atom stereocenters. The maximum absolute atomic E-state index is 12.6. The normalized spacial score (nSPS) is 14.3. The predicted octanol–water partition coefficient (Wildman–Crippen LogP) is 3.95. The fourth-order valence-electron chi connectivity index (χ4n) is 3.52. The number of halogens is 1. The van der Waals surface area contributed by atoms with Gasteiger partial charge in [0.05, 0.1) is 12.1 Å². The van der Waals surface area contributed by atoms with Gasteiger partial charge in [0.25, 0.3) is 5.91 Å². The van der Waals surface area contributed by atoms with Crippen molar-refractivity contribution in [3.05, 3.63) is 87.2 Å². The summed E-state index contributed by atoms with van der Waals surface area (Å²) in [6.45, 7) is 3.33. The molecule has 0 aliphatic carbocycles. The minimum atomic E-state index is -0.207. The molecule has 0 N–H and O–H groups in total. The summed E-state index contributed by atoms with van der Waals surface area (Å²) >= 11 is 7.47. The Morgan fingerprint density at radius 1 is 1.15 bits per heavy atom. The van der Waals surface area contributed by atoms with Crippen molar-refractivity contribution < 1.29 is 13.9 Å². The van der Waals surface area contributed by atoms with Gasteiger partial charge < -0.3 is 14.1 Å². The molecule has 3 aromatic rings. The molecule has 1 aromatic carbocycles. The molecule has 1 saturated heterocycles. The monoisotopic (exact) mass is 485 g/mol. The van der Waals surface area contributed by atoms with Gasteiger partial charge in [-0.2, -0.15) is 0 Å². The average Bonchev–Trinajstić information content (AvgIpc) is 2.84. The average molecular weight is 486 g/mol. The quantitative estimate of drug-likeness (QED) is 0.370. The van der Waals surface area contributed by atoms with Gasteiger partial charge in [-0.1, -0.05) is 23.7 Å². The van der Waals surface area contributed by atoms with E-state index in [9.17, 15) is 9.59 Å². The zero-order valence-corrected chi connectivity index (χ0v) is 19.8. The van der Waals surface area contributed by atoms with Crippen LogP contribution in [0.3, 0.4) is 0 Å². The number of thioether (sulfide) groups is 1. The molecule has 2 aromatic heterocycles. The first kappa shape index (κ1) is 23.4. The van der Waals surface area contributed by atoms with Gasteiger partial charge in [-0.15, -0.1) is 11.8 Å². The van der Waals surface area contributed by atoms with Crippen molar-refractivity contribution in [3.8, 4) is 5.75 Å². The van der Waals surface area contributed by atoms with Crippen LogP contribution in [0.15, 0.2) is 69.0 Å². The van der Waals surface area contributed by atoms with Gasteiger partial charge in [-0.25, -0.2) is 4.98 Å². The third kappa shape index (κ3) is 6.16. The highest BCUT2D eigenvalue weighted by Crippen LogP contribution is 2.17. The van der Waals surface area contributed by atoms with Gasteiger partial charge in [0, 0.05) is 43.3 Å². The molecule has 7 nitrogen and oxygen atoms in total. The van der Waals surface area contributed by atoms with E-state index in [0.717, 1.165) is 5.56 Å². The fourth-order valence-corrected chi connectivity index (χ4v) is 4.04. The zero-order valence-electron chi connectivity index (χ0n) is 18.2. The van der Waals surface area contributed by atoms with Crippen LogP contribution in [0, 0.1) is 0 Å². The van der Waals surface area contributed by atoms with E-state index in [-0.39, 0.29) is 17.1 Å². The Hall–Kier alpha value is -2.81. The van der Waals surface area contributed by atoms with Crippen LogP contribution in [0.1, 0.15) is 21.7 Å². The maximum atomic E-state index is 12.6. The maximum Gasteiger partial charge on any atom is 0.255 e. The van der Waals surface area contributed by atoms with Crippen molar-refractivity contribution in [1.82, 2.24) is 14.8 Å². The number of amides is 1. The standard InChI is InChI=1S/C24H24ClN3O4S/c1-33-20-5-2-17(3-6-20)15-32-22-16-31-19(12-21(22)29)14-27-8-10-28(11-9-27)24(30)18-4-7-23(25)26-13-18/h2-7,12-13,16H,8-11,14-15H2,1H3. The van der Waals surface area contributed by atoms with Crippen LogP contribution >= 0.6 is 23.4 Å². The molecule has 1 fully saturated rings. The van der Waals surface area contributed by atoms with E-state index in [1.54, 1.807) is 28.8 Å². The Balaban J connectivity index is 1.28. The molecule has 0 bridgehead atoms. The summed E-state index contributed by atoms with van der Waals surface area (Å²) in [5.74, 6) is 0.702. The van der Waals surface area contributed by atoms with E-state index in [2.05, 4.69) is 9.88 Å². The number of aromatic nitrogens is 1. The Morgan fingerprint density at radius 2 is 1.91 bits per heavy atom. The van der Waals surface area contributed by atoms with Crippen molar-refractivity contribution in [2.45, 2.75) is 18.0 Å². The zero-order chi connectivity index (χ0) is 23.2. The number of rotatable bonds is 7. The largest absolute Gasteiger partial charge is 0.482 e. The van der Waals surface area contributed by atoms with Gasteiger partial charge >= 0.3 is 0 Å². The minimum absolute atomic E-state index is 0.0602. The van der Waals surface area contributed by atoms with Crippen molar-refractivity contribution in [3.63, 3.8) is 0 Å². The smallest absolute Gasteiger partial charge is 0.255 e. The molecule has 1 aliphatic rings. The SMILES string of the molecule is CSc1ccc(COc2coc(CN3CCN(C(=O)c4ccc(Cl)nc4)CC3)cc2=O)cc1. The summed E-state index contributed by atoms with van der Waals surface area (Å²) in [5, 5.41) is 0.360. The molecule has 0 atom stereocenters. The molecule has 0 spiro atoms. The van der Waals surface area contributed by atoms with E-state index in [1.165, 1.54) is 23.4 Å². The lowest BCUT2D eigenvalue weighted by molar-refractivity contribution is 0.0619. The Morgan fingerprint density at radius 3 is 2.55 bits per heavy atom. The molecule has 1 aliphatic heterocycles. The molecular weight excluding hydrogens is 462 g/mol. The second-order valence-corrected chi connectivity index (χ2v) is 8.92. The van der Waals surface area contributed by atoms with Crippen molar-refractivity contribution in [2.75, 3.05) is 32.4 Å². The summed E-state index contributed by atoms with van der Waals surface area (Å²) in [5.41, 5.74) is 1.30. The third-order valence-corrected chi connectivity index (χ3v) is 6.39. The van der Waals surface area contributed by atoms with Crippen LogP contribution in [0.2, 0.25) is 5.15 Å². The summed E-state index contributed by atoms with van der Waals surface area (Å²) in [6, 6.07) is 12.8. The second-order valence-electron chi connectivity index (χ2n) is 7.65. The molecule has 3 heterocycles. The first-order chi connectivity index (χ1) is 16.0. The Kier molecular flexibility index (Phi) is 7.69.